The predicted molar refractivity (Wildman–Crippen MR) is 81.3 cm³/mol. The monoisotopic (exact) mass is 293 g/mol. The highest BCUT2D eigenvalue weighted by atomic mass is 16.5. The smallest absolute Gasteiger partial charge is 0.0741 e. The summed E-state index contributed by atoms with van der Waals surface area (Å²) in [6.45, 7) is 7.68. The Labute approximate surface area is 127 Å². The van der Waals surface area contributed by atoms with Gasteiger partial charge < -0.3 is 14.8 Å². The van der Waals surface area contributed by atoms with Crippen molar-refractivity contribution < 1.29 is 9.47 Å². The number of aromatic nitrogens is 2. The van der Waals surface area contributed by atoms with Crippen LogP contribution in [-0.2, 0) is 23.1 Å². The average Bonchev–Trinajstić information content (AvgIpc) is 2.71. The second-order valence-corrected chi connectivity index (χ2v) is 6.49. The van der Waals surface area contributed by atoms with E-state index in [1.807, 2.05) is 11.7 Å². The Morgan fingerprint density at radius 3 is 2.71 bits per heavy atom. The van der Waals surface area contributed by atoms with Gasteiger partial charge in [0.05, 0.1) is 11.3 Å². The quantitative estimate of drug-likeness (QED) is 0.924. The fourth-order valence-corrected chi connectivity index (χ4v) is 3.61. The zero-order chi connectivity index (χ0) is 14.9. The van der Waals surface area contributed by atoms with Gasteiger partial charge in [0.1, 0.15) is 0 Å². The van der Waals surface area contributed by atoms with Crippen LogP contribution in [0.3, 0.4) is 0 Å². The van der Waals surface area contributed by atoms with Crippen LogP contribution in [-0.4, -0.2) is 41.2 Å². The summed E-state index contributed by atoms with van der Waals surface area (Å²) < 4.78 is 13.6. The highest BCUT2D eigenvalue weighted by Gasteiger charge is 2.38. The Bertz CT molecular complexity index is 486. The van der Waals surface area contributed by atoms with Crippen LogP contribution in [0.15, 0.2) is 0 Å². The third kappa shape index (κ3) is 3.15. The van der Waals surface area contributed by atoms with Gasteiger partial charge in [-0.3, -0.25) is 4.68 Å². The summed E-state index contributed by atoms with van der Waals surface area (Å²) in [7, 11) is 2.01. The Morgan fingerprint density at radius 2 is 2.05 bits per heavy atom. The van der Waals surface area contributed by atoms with Gasteiger partial charge in [-0.05, 0) is 39.5 Å². The number of ether oxygens (including phenoxy) is 2. The molecule has 1 unspecified atom stereocenters. The average molecular weight is 293 g/mol. The van der Waals surface area contributed by atoms with Gasteiger partial charge in [-0.2, -0.15) is 5.10 Å². The molecule has 1 N–H and O–H groups in total. The van der Waals surface area contributed by atoms with E-state index in [0.717, 1.165) is 57.7 Å². The maximum atomic E-state index is 6.10. The summed E-state index contributed by atoms with van der Waals surface area (Å²) in [6, 6.07) is 0.538. The van der Waals surface area contributed by atoms with E-state index in [9.17, 15) is 0 Å². The van der Waals surface area contributed by atoms with E-state index in [1.54, 1.807) is 0 Å². The van der Waals surface area contributed by atoms with Crippen molar-refractivity contribution in [3.8, 4) is 0 Å². The van der Waals surface area contributed by atoms with Crippen molar-refractivity contribution in [2.24, 2.45) is 7.05 Å². The second kappa shape index (κ2) is 6.07. The third-order valence-electron chi connectivity index (χ3n) is 5.12. The number of nitrogens with one attached hydrogen (secondary N) is 1. The first-order chi connectivity index (χ1) is 10.1. The molecule has 0 radical (unpaired) electrons. The molecular weight excluding hydrogens is 266 g/mol. The lowest BCUT2D eigenvalue weighted by Gasteiger charge is -2.43. The van der Waals surface area contributed by atoms with Gasteiger partial charge in [0.2, 0.25) is 0 Å². The SMILES string of the molecule is Cc1nn(C)c(C)c1CNC1CCOC2(CCOCC2)C1. The van der Waals surface area contributed by atoms with Crippen LogP contribution in [0.1, 0.15) is 42.6 Å². The fraction of sp³-hybridized carbons (Fsp3) is 0.812. The van der Waals surface area contributed by atoms with Crippen molar-refractivity contribution in [3.05, 3.63) is 17.0 Å². The van der Waals surface area contributed by atoms with Crippen LogP contribution < -0.4 is 5.32 Å². The molecule has 2 aliphatic rings. The largest absolute Gasteiger partial charge is 0.381 e. The molecule has 0 aromatic carbocycles. The van der Waals surface area contributed by atoms with Crippen LogP contribution in [0.2, 0.25) is 0 Å². The van der Waals surface area contributed by atoms with Crippen LogP contribution in [0.4, 0.5) is 0 Å². The minimum atomic E-state index is 0.0627. The molecule has 3 heterocycles. The van der Waals surface area contributed by atoms with Crippen molar-refractivity contribution in [2.75, 3.05) is 19.8 Å². The molecular formula is C16H27N3O2. The molecule has 0 saturated carbocycles. The number of hydrogen-bond acceptors (Lipinski definition) is 4. The van der Waals surface area contributed by atoms with E-state index in [4.69, 9.17) is 9.47 Å². The molecule has 5 nitrogen and oxygen atoms in total. The maximum Gasteiger partial charge on any atom is 0.0741 e. The van der Waals surface area contributed by atoms with Crippen LogP contribution in [0, 0.1) is 13.8 Å². The van der Waals surface area contributed by atoms with E-state index >= 15 is 0 Å². The Hall–Kier alpha value is -0.910. The van der Waals surface area contributed by atoms with Crippen LogP contribution in [0.25, 0.3) is 0 Å². The molecule has 5 heteroatoms. The molecule has 1 aromatic heterocycles. The first kappa shape index (κ1) is 15.0. The van der Waals surface area contributed by atoms with Crippen molar-refractivity contribution in [1.29, 1.82) is 0 Å². The third-order valence-corrected chi connectivity index (χ3v) is 5.12. The molecule has 1 atom stereocenters. The van der Waals surface area contributed by atoms with E-state index in [-0.39, 0.29) is 5.60 Å². The summed E-state index contributed by atoms with van der Waals surface area (Å²) in [5, 5.41) is 8.22. The molecule has 0 amide bonds. The number of nitrogens with zero attached hydrogens (tertiary/aromatic N) is 2. The highest BCUT2D eigenvalue weighted by molar-refractivity contribution is 5.24. The molecule has 2 fully saturated rings. The lowest BCUT2D eigenvalue weighted by atomic mass is 9.84. The zero-order valence-electron chi connectivity index (χ0n) is 13.4. The van der Waals surface area contributed by atoms with Gasteiger partial charge >= 0.3 is 0 Å². The van der Waals surface area contributed by atoms with Gasteiger partial charge in [-0.25, -0.2) is 0 Å². The Kier molecular flexibility index (Phi) is 4.33. The molecule has 0 aliphatic carbocycles. The predicted octanol–water partition coefficient (Wildman–Crippen LogP) is 1.85. The molecule has 1 spiro atoms. The number of hydrogen-bond donors (Lipinski definition) is 1. The summed E-state index contributed by atoms with van der Waals surface area (Å²) in [4.78, 5) is 0. The minimum Gasteiger partial charge on any atom is -0.381 e. The number of rotatable bonds is 3. The van der Waals surface area contributed by atoms with Gasteiger partial charge in [0, 0.05) is 50.7 Å². The zero-order valence-corrected chi connectivity index (χ0v) is 13.4. The first-order valence-electron chi connectivity index (χ1n) is 8.04. The van der Waals surface area contributed by atoms with E-state index in [2.05, 4.69) is 24.3 Å². The lowest BCUT2D eigenvalue weighted by molar-refractivity contribution is -0.140. The summed E-state index contributed by atoms with van der Waals surface area (Å²) in [5.74, 6) is 0. The van der Waals surface area contributed by atoms with Crippen molar-refractivity contribution >= 4 is 0 Å². The fourth-order valence-electron chi connectivity index (χ4n) is 3.61. The second-order valence-electron chi connectivity index (χ2n) is 6.49. The van der Waals surface area contributed by atoms with Gasteiger partial charge in [0.25, 0.3) is 0 Å². The maximum absolute atomic E-state index is 6.10. The van der Waals surface area contributed by atoms with Gasteiger partial charge in [0.15, 0.2) is 0 Å². The molecule has 0 bridgehead atoms. The molecule has 3 rings (SSSR count). The topological polar surface area (TPSA) is 48.3 Å². The summed E-state index contributed by atoms with van der Waals surface area (Å²) >= 11 is 0. The van der Waals surface area contributed by atoms with E-state index < -0.39 is 0 Å². The molecule has 2 saturated heterocycles. The minimum absolute atomic E-state index is 0.0627. The van der Waals surface area contributed by atoms with Gasteiger partial charge in [-0.15, -0.1) is 0 Å². The van der Waals surface area contributed by atoms with Crippen molar-refractivity contribution in [2.45, 2.75) is 57.7 Å². The Morgan fingerprint density at radius 1 is 1.29 bits per heavy atom. The summed E-state index contributed by atoms with van der Waals surface area (Å²) in [5.41, 5.74) is 3.79. The van der Waals surface area contributed by atoms with E-state index in [0.29, 0.717) is 6.04 Å². The lowest BCUT2D eigenvalue weighted by Crippen LogP contribution is -2.49. The summed E-state index contributed by atoms with van der Waals surface area (Å²) in [6.07, 6.45) is 4.28. The van der Waals surface area contributed by atoms with Crippen molar-refractivity contribution in [3.63, 3.8) is 0 Å². The molecule has 2 aliphatic heterocycles. The molecule has 21 heavy (non-hydrogen) atoms. The molecule has 118 valence electrons. The first-order valence-corrected chi connectivity index (χ1v) is 8.04. The Balaban J connectivity index is 1.60. The van der Waals surface area contributed by atoms with Crippen molar-refractivity contribution in [1.82, 2.24) is 15.1 Å². The van der Waals surface area contributed by atoms with Gasteiger partial charge in [-0.1, -0.05) is 0 Å². The van der Waals surface area contributed by atoms with Crippen LogP contribution >= 0.6 is 0 Å². The van der Waals surface area contributed by atoms with E-state index in [1.165, 1.54) is 11.3 Å². The van der Waals surface area contributed by atoms with Crippen LogP contribution in [0.5, 0.6) is 0 Å². The highest BCUT2D eigenvalue weighted by Crippen LogP contribution is 2.34. The number of aryl methyl sites for hydroxylation is 2. The standard InChI is InChI=1S/C16H27N3O2/c1-12-15(13(2)19(3)18-12)11-17-14-4-7-21-16(10-14)5-8-20-9-6-16/h14,17H,4-11H2,1-3H3. The normalized spacial score (nSPS) is 25.4. The molecule has 1 aromatic rings.